The molecular weight excluding hydrogens is 306 g/mol. The van der Waals surface area contributed by atoms with Crippen LogP contribution >= 0.6 is 15.9 Å². The fraction of sp³-hybridized carbons (Fsp3) is 0.533. The van der Waals surface area contributed by atoms with Crippen molar-refractivity contribution in [2.75, 3.05) is 19.7 Å². The normalized spacial score (nSPS) is 15.5. The van der Waals surface area contributed by atoms with E-state index in [0.29, 0.717) is 12.6 Å². The number of halogens is 1. The molecule has 1 aliphatic rings. The lowest BCUT2D eigenvalue weighted by atomic mass is 9.91. The SMILES string of the molecule is O=C(CN(CCCO)C1CCC1)c1ccccc1Br. The lowest BCUT2D eigenvalue weighted by molar-refractivity contribution is 0.0787. The third-order valence-corrected chi connectivity index (χ3v) is 4.41. The Labute approximate surface area is 122 Å². The van der Waals surface area contributed by atoms with Crippen molar-refractivity contribution in [1.82, 2.24) is 4.90 Å². The summed E-state index contributed by atoms with van der Waals surface area (Å²) in [6.45, 7) is 1.44. The molecule has 4 heteroatoms. The van der Waals surface area contributed by atoms with Crippen LogP contribution in [0.2, 0.25) is 0 Å². The van der Waals surface area contributed by atoms with Crippen molar-refractivity contribution in [2.45, 2.75) is 31.7 Å². The molecule has 0 heterocycles. The minimum absolute atomic E-state index is 0.150. The predicted molar refractivity (Wildman–Crippen MR) is 79.4 cm³/mol. The van der Waals surface area contributed by atoms with Gasteiger partial charge in [-0.2, -0.15) is 0 Å². The van der Waals surface area contributed by atoms with Crippen LogP contribution in [0.5, 0.6) is 0 Å². The van der Waals surface area contributed by atoms with Gasteiger partial charge in [0, 0.05) is 29.2 Å². The maximum atomic E-state index is 12.3. The molecule has 3 nitrogen and oxygen atoms in total. The molecule has 0 atom stereocenters. The summed E-state index contributed by atoms with van der Waals surface area (Å²) in [6, 6.07) is 8.08. The molecule has 2 rings (SSSR count). The van der Waals surface area contributed by atoms with Gasteiger partial charge in [0.05, 0.1) is 6.54 Å². The first-order chi connectivity index (χ1) is 9.22. The molecule has 0 amide bonds. The van der Waals surface area contributed by atoms with Crippen LogP contribution in [0.15, 0.2) is 28.7 Å². The average Bonchev–Trinajstić information content (AvgIpc) is 2.34. The van der Waals surface area contributed by atoms with Crippen LogP contribution in [-0.4, -0.2) is 41.5 Å². The Hall–Kier alpha value is -0.710. The van der Waals surface area contributed by atoms with Gasteiger partial charge in [0.25, 0.3) is 0 Å². The van der Waals surface area contributed by atoms with Crippen LogP contribution in [0.3, 0.4) is 0 Å². The minimum atomic E-state index is 0.150. The molecule has 0 bridgehead atoms. The molecule has 0 saturated heterocycles. The summed E-state index contributed by atoms with van der Waals surface area (Å²) in [5.74, 6) is 0.150. The maximum Gasteiger partial charge on any atom is 0.177 e. The van der Waals surface area contributed by atoms with Crippen LogP contribution < -0.4 is 0 Å². The number of carbonyl (C=O) groups excluding carboxylic acids is 1. The van der Waals surface area contributed by atoms with Gasteiger partial charge in [0.2, 0.25) is 0 Å². The van der Waals surface area contributed by atoms with Crippen molar-refractivity contribution in [3.8, 4) is 0 Å². The minimum Gasteiger partial charge on any atom is -0.396 e. The average molecular weight is 326 g/mol. The van der Waals surface area contributed by atoms with Crippen molar-refractivity contribution in [1.29, 1.82) is 0 Å². The topological polar surface area (TPSA) is 40.5 Å². The van der Waals surface area contributed by atoms with E-state index in [9.17, 15) is 4.79 Å². The second kappa shape index (κ2) is 7.17. The van der Waals surface area contributed by atoms with E-state index in [1.807, 2.05) is 24.3 Å². The van der Waals surface area contributed by atoms with Crippen molar-refractivity contribution in [3.05, 3.63) is 34.3 Å². The van der Waals surface area contributed by atoms with Crippen molar-refractivity contribution in [2.24, 2.45) is 0 Å². The van der Waals surface area contributed by atoms with Gasteiger partial charge in [-0.1, -0.05) is 40.5 Å². The Kier molecular flexibility index (Phi) is 5.55. The molecule has 0 radical (unpaired) electrons. The van der Waals surface area contributed by atoms with Crippen molar-refractivity contribution < 1.29 is 9.90 Å². The quantitative estimate of drug-likeness (QED) is 0.784. The van der Waals surface area contributed by atoms with Crippen LogP contribution in [0.25, 0.3) is 0 Å². The van der Waals surface area contributed by atoms with Gasteiger partial charge in [-0.15, -0.1) is 0 Å². The van der Waals surface area contributed by atoms with Crippen molar-refractivity contribution >= 4 is 21.7 Å². The molecule has 1 N–H and O–H groups in total. The van der Waals surface area contributed by atoms with E-state index in [4.69, 9.17) is 5.11 Å². The lowest BCUT2D eigenvalue weighted by Crippen LogP contribution is -2.43. The van der Waals surface area contributed by atoms with E-state index in [1.54, 1.807) is 0 Å². The number of benzene rings is 1. The Bertz CT molecular complexity index is 432. The zero-order valence-electron chi connectivity index (χ0n) is 11.0. The zero-order valence-corrected chi connectivity index (χ0v) is 12.6. The first kappa shape index (κ1) is 14.7. The van der Waals surface area contributed by atoms with Crippen LogP contribution in [0.4, 0.5) is 0 Å². The Morgan fingerprint density at radius 2 is 2.11 bits per heavy atom. The van der Waals surface area contributed by atoms with E-state index in [-0.39, 0.29) is 12.4 Å². The molecule has 1 fully saturated rings. The summed E-state index contributed by atoms with van der Waals surface area (Å²) in [7, 11) is 0. The van der Waals surface area contributed by atoms with Gasteiger partial charge in [-0.25, -0.2) is 0 Å². The number of hydrogen-bond donors (Lipinski definition) is 1. The monoisotopic (exact) mass is 325 g/mol. The molecule has 0 aromatic heterocycles. The third-order valence-electron chi connectivity index (χ3n) is 3.72. The van der Waals surface area contributed by atoms with Gasteiger partial charge in [0.1, 0.15) is 0 Å². The Balaban J connectivity index is 1.99. The van der Waals surface area contributed by atoms with Gasteiger partial charge < -0.3 is 5.11 Å². The van der Waals surface area contributed by atoms with Crippen LogP contribution in [0.1, 0.15) is 36.0 Å². The molecule has 1 saturated carbocycles. The highest BCUT2D eigenvalue weighted by atomic mass is 79.9. The predicted octanol–water partition coefficient (Wildman–Crippen LogP) is 2.87. The van der Waals surface area contributed by atoms with E-state index in [0.717, 1.165) is 23.0 Å². The number of carbonyl (C=O) groups is 1. The van der Waals surface area contributed by atoms with Crippen LogP contribution in [-0.2, 0) is 0 Å². The second-order valence-corrected chi connectivity index (χ2v) is 5.89. The molecule has 19 heavy (non-hydrogen) atoms. The molecule has 1 aromatic rings. The van der Waals surface area contributed by atoms with E-state index >= 15 is 0 Å². The Morgan fingerprint density at radius 1 is 1.37 bits per heavy atom. The Morgan fingerprint density at radius 3 is 2.68 bits per heavy atom. The molecular formula is C15H20BrNO2. The van der Waals surface area contributed by atoms with Gasteiger partial charge in [0.15, 0.2) is 5.78 Å². The molecule has 0 unspecified atom stereocenters. The standard InChI is InChI=1S/C15H20BrNO2/c16-14-8-2-1-7-13(14)15(19)11-17(9-4-10-18)12-5-3-6-12/h1-2,7-8,12,18H,3-6,9-11H2. The van der Waals surface area contributed by atoms with E-state index < -0.39 is 0 Å². The number of aliphatic hydroxyl groups is 1. The smallest absolute Gasteiger partial charge is 0.177 e. The molecule has 104 valence electrons. The summed E-state index contributed by atoms with van der Waals surface area (Å²) in [5, 5.41) is 8.96. The molecule has 0 spiro atoms. The number of Topliss-reactive ketones (excluding diaryl/α,β-unsaturated/α-hetero) is 1. The number of hydrogen-bond acceptors (Lipinski definition) is 3. The van der Waals surface area contributed by atoms with Gasteiger partial charge >= 0.3 is 0 Å². The molecule has 1 aliphatic carbocycles. The second-order valence-electron chi connectivity index (χ2n) is 5.04. The summed E-state index contributed by atoms with van der Waals surface area (Å²) in [5.41, 5.74) is 0.746. The highest BCUT2D eigenvalue weighted by molar-refractivity contribution is 9.10. The van der Waals surface area contributed by atoms with Gasteiger partial charge in [-0.05, 0) is 25.3 Å². The van der Waals surface area contributed by atoms with E-state index in [1.165, 1.54) is 19.3 Å². The summed E-state index contributed by atoms with van der Waals surface area (Å²) in [4.78, 5) is 14.6. The van der Waals surface area contributed by atoms with E-state index in [2.05, 4.69) is 20.8 Å². The number of ketones is 1. The number of aliphatic hydroxyl groups excluding tert-OH is 1. The summed E-state index contributed by atoms with van der Waals surface area (Å²) < 4.78 is 0.857. The molecule has 0 aliphatic heterocycles. The van der Waals surface area contributed by atoms with Gasteiger partial charge in [-0.3, -0.25) is 9.69 Å². The molecule has 1 aromatic carbocycles. The van der Waals surface area contributed by atoms with Crippen LogP contribution in [0, 0.1) is 0 Å². The maximum absolute atomic E-state index is 12.3. The first-order valence-corrected chi connectivity index (χ1v) is 7.64. The fourth-order valence-electron chi connectivity index (χ4n) is 2.37. The largest absolute Gasteiger partial charge is 0.396 e. The number of rotatable bonds is 7. The first-order valence-electron chi connectivity index (χ1n) is 6.85. The zero-order chi connectivity index (χ0) is 13.7. The third kappa shape index (κ3) is 3.88. The highest BCUT2D eigenvalue weighted by Gasteiger charge is 2.26. The fourth-order valence-corrected chi connectivity index (χ4v) is 2.88. The summed E-state index contributed by atoms with van der Waals surface area (Å²) in [6.07, 6.45) is 4.34. The lowest BCUT2D eigenvalue weighted by Gasteiger charge is -2.37. The van der Waals surface area contributed by atoms with Crippen molar-refractivity contribution in [3.63, 3.8) is 0 Å². The summed E-state index contributed by atoms with van der Waals surface area (Å²) >= 11 is 3.43. The highest BCUT2D eigenvalue weighted by Crippen LogP contribution is 2.25. The number of nitrogens with zero attached hydrogens (tertiary/aromatic N) is 1.